The van der Waals surface area contributed by atoms with Crippen LogP contribution >= 0.6 is 0 Å². The van der Waals surface area contributed by atoms with E-state index in [1.807, 2.05) is 158 Å². The van der Waals surface area contributed by atoms with Crippen molar-refractivity contribution in [1.82, 2.24) is 10.6 Å². The Balaban J connectivity index is 1.21. The number of rotatable bonds is 47. The van der Waals surface area contributed by atoms with Crippen molar-refractivity contribution in [3.63, 3.8) is 0 Å². The molecule has 1 saturated heterocycles. The number of unbranched alkanes of at least 4 members (excludes halogenated alkanes) is 16. The van der Waals surface area contributed by atoms with Crippen LogP contribution in [0.2, 0.25) is 0 Å². The van der Waals surface area contributed by atoms with E-state index in [-0.39, 0.29) is 45.5 Å². The maximum absolute atomic E-state index is 14.7. The molecule has 89 heavy (non-hydrogen) atoms. The quantitative estimate of drug-likeness (QED) is 0.0313. The van der Waals surface area contributed by atoms with Crippen molar-refractivity contribution >= 4 is 12.0 Å². The highest BCUT2D eigenvalue weighted by atomic mass is 16.7. The first-order chi connectivity index (χ1) is 43.9. The Morgan fingerprint density at radius 1 is 0.449 bits per heavy atom. The Bertz CT molecular complexity index is 2710. The van der Waals surface area contributed by atoms with Gasteiger partial charge in [0.2, 0.25) is 5.91 Å². The minimum atomic E-state index is -1.04. The number of hydrogen-bond donors (Lipinski definition) is 3. The molecule has 2 amide bonds. The molecule has 482 valence electrons. The zero-order chi connectivity index (χ0) is 62.0. The molecule has 13 nitrogen and oxygen atoms in total. The smallest absolute Gasteiger partial charge is 0.404 e. The van der Waals surface area contributed by atoms with Gasteiger partial charge in [-0.3, -0.25) is 4.79 Å². The second-order valence-corrected chi connectivity index (χ2v) is 23.7. The molecule has 3 N–H and O–H groups in total. The Morgan fingerprint density at radius 2 is 0.854 bits per heavy atom. The number of nitrogens with one attached hydrogen (secondary N) is 2. The second-order valence-electron chi connectivity index (χ2n) is 23.7. The number of amides is 2. The van der Waals surface area contributed by atoms with E-state index in [2.05, 4.69) is 41.8 Å². The molecule has 1 heterocycles. The monoisotopic (exact) mass is 1220 g/mol. The van der Waals surface area contributed by atoms with Crippen molar-refractivity contribution in [3.05, 3.63) is 215 Å². The fourth-order valence-corrected chi connectivity index (χ4v) is 11.4. The summed E-state index contributed by atoms with van der Waals surface area (Å²) in [4.78, 5) is 25.7. The molecule has 6 aromatic rings. The van der Waals surface area contributed by atoms with Gasteiger partial charge in [-0.15, -0.1) is 0 Å². The van der Waals surface area contributed by atoms with Gasteiger partial charge in [0, 0.05) is 13.0 Å². The SMILES string of the molecule is CCCCCCCCCCCCCCC(OCc1ccccc1)C(OCc1ccccc1)C(CO[C@H]1O[C@H](COCc2ccccc2)[C@H](OCc2ccccc2)[C@H](OCc2ccccc2)[C@H]1OCc1ccccc1)NC(=O)CCCCCCCCNC(=O)O. The van der Waals surface area contributed by atoms with Crippen LogP contribution in [0, 0.1) is 0 Å². The third-order valence-electron chi connectivity index (χ3n) is 16.4. The molecule has 1 fully saturated rings. The van der Waals surface area contributed by atoms with Crippen LogP contribution in [0.15, 0.2) is 182 Å². The molecule has 0 radical (unpaired) electrons. The van der Waals surface area contributed by atoms with Gasteiger partial charge in [0.25, 0.3) is 0 Å². The van der Waals surface area contributed by atoms with Crippen molar-refractivity contribution < 1.29 is 52.6 Å². The van der Waals surface area contributed by atoms with Crippen molar-refractivity contribution in [2.24, 2.45) is 0 Å². The number of ether oxygens (including phenoxy) is 8. The summed E-state index contributed by atoms with van der Waals surface area (Å²) in [6, 6.07) is 60.0. The van der Waals surface area contributed by atoms with Gasteiger partial charge in [-0.05, 0) is 52.6 Å². The zero-order valence-corrected chi connectivity index (χ0v) is 53.0. The molecule has 13 heteroatoms. The summed E-state index contributed by atoms with van der Waals surface area (Å²) < 4.78 is 56.5. The molecule has 3 unspecified atom stereocenters. The minimum Gasteiger partial charge on any atom is -0.465 e. The van der Waals surface area contributed by atoms with Gasteiger partial charge in [0.05, 0.1) is 65.0 Å². The van der Waals surface area contributed by atoms with E-state index in [0.29, 0.717) is 39.0 Å². The van der Waals surface area contributed by atoms with Crippen molar-refractivity contribution in [1.29, 1.82) is 0 Å². The Kier molecular flexibility index (Phi) is 34.3. The average Bonchev–Trinajstić information content (AvgIpc) is 1.45. The number of carboxylic acid groups (broad SMARTS) is 1. The fourth-order valence-electron chi connectivity index (χ4n) is 11.4. The van der Waals surface area contributed by atoms with Crippen LogP contribution in [-0.2, 0) is 82.3 Å². The summed E-state index contributed by atoms with van der Waals surface area (Å²) in [7, 11) is 0. The van der Waals surface area contributed by atoms with E-state index in [1.54, 1.807) is 0 Å². The molecule has 7 rings (SSSR count). The van der Waals surface area contributed by atoms with Crippen LogP contribution in [-0.4, -0.2) is 85.8 Å². The van der Waals surface area contributed by atoms with Gasteiger partial charge in [-0.1, -0.05) is 292 Å². The summed E-state index contributed by atoms with van der Waals surface area (Å²) in [5.74, 6) is -0.114. The van der Waals surface area contributed by atoms with Crippen LogP contribution in [0.25, 0.3) is 0 Å². The molecule has 0 saturated carbocycles. The molecule has 8 atom stereocenters. The predicted molar refractivity (Wildman–Crippen MR) is 352 cm³/mol. The largest absolute Gasteiger partial charge is 0.465 e. The normalized spacial score (nSPS) is 17.6. The molecule has 6 aromatic carbocycles. The average molecular weight is 1220 g/mol. The lowest BCUT2D eigenvalue weighted by atomic mass is 9.97. The summed E-state index contributed by atoms with van der Waals surface area (Å²) in [5, 5.41) is 14.9. The fraction of sp³-hybridized carbons (Fsp3) is 0.500. The van der Waals surface area contributed by atoms with Gasteiger partial charge < -0.3 is 53.6 Å². The molecular weight excluding hydrogens is 1120 g/mol. The van der Waals surface area contributed by atoms with Gasteiger partial charge in [-0.25, -0.2) is 4.79 Å². The Morgan fingerprint density at radius 3 is 1.34 bits per heavy atom. The van der Waals surface area contributed by atoms with Crippen LogP contribution in [0.1, 0.15) is 169 Å². The third kappa shape index (κ3) is 28.2. The lowest BCUT2D eigenvalue weighted by Crippen LogP contribution is -2.62. The van der Waals surface area contributed by atoms with E-state index in [9.17, 15) is 9.59 Å². The molecule has 1 aliphatic rings. The lowest BCUT2D eigenvalue weighted by molar-refractivity contribution is -0.330. The predicted octanol–water partition coefficient (Wildman–Crippen LogP) is 16.4. The molecule has 0 aliphatic carbocycles. The van der Waals surface area contributed by atoms with Crippen LogP contribution in [0.3, 0.4) is 0 Å². The van der Waals surface area contributed by atoms with E-state index < -0.39 is 55.0 Å². The topological polar surface area (TPSA) is 152 Å². The highest BCUT2D eigenvalue weighted by molar-refractivity contribution is 5.76. The first-order valence-electron chi connectivity index (χ1n) is 33.3. The van der Waals surface area contributed by atoms with Gasteiger partial charge >= 0.3 is 6.09 Å². The summed E-state index contributed by atoms with van der Waals surface area (Å²) in [6.07, 6.45) is 14.8. The summed E-state index contributed by atoms with van der Waals surface area (Å²) >= 11 is 0. The molecule has 0 aromatic heterocycles. The van der Waals surface area contributed by atoms with Gasteiger partial charge in [0.15, 0.2) is 6.29 Å². The maximum Gasteiger partial charge on any atom is 0.404 e. The third-order valence-corrected chi connectivity index (χ3v) is 16.4. The molecule has 0 bridgehead atoms. The summed E-state index contributed by atoms with van der Waals surface area (Å²) in [6.45, 7) is 4.61. The number of benzene rings is 6. The first-order valence-corrected chi connectivity index (χ1v) is 33.3. The van der Waals surface area contributed by atoms with E-state index in [0.717, 1.165) is 84.7 Å². The van der Waals surface area contributed by atoms with E-state index >= 15 is 0 Å². The van der Waals surface area contributed by atoms with Crippen LogP contribution in [0.4, 0.5) is 4.79 Å². The van der Waals surface area contributed by atoms with Gasteiger partial charge in [0.1, 0.15) is 30.5 Å². The first kappa shape index (κ1) is 70.2. The number of hydrogen-bond acceptors (Lipinski definition) is 10. The maximum atomic E-state index is 14.7. The highest BCUT2D eigenvalue weighted by Gasteiger charge is 2.50. The van der Waals surface area contributed by atoms with Gasteiger partial charge in [-0.2, -0.15) is 0 Å². The minimum absolute atomic E-state index is 0.0202. The van der Waals surface area contributed by atoms with Crippen LogP contribution in [0.5, 0.6) is 0 Å². The summed E-state index contributed by atoms with van der Waals surface area (Å²) in [5.41, 5.74) is 6.02. The van der Waals surface area contributed by atoms with Crippen molar-refractivity contribution in [2.45, 2.75) is 224 Å². The zero-order valence-electron chi connectivity index (χ0n) is 53.0. The van der Waals surface area contributed by atoms with Crippen molar-refractivity contribution in [3.8, 4) is 0 Å². The van der Waals surface area contributed by atoms with Crippen molar-refractivity contribution in [2.75, 3.05) is 19.8 Å². The molecule has 1 aliphatic heterocycles. The van der Waals surface area contributed by atoms with E-state index in [4.69, 9.17) is 43.0 Å². The standard InChI is InChI=1S/C76H102N2O11/c1-2-3-4-5-6-7-8-9-10-11-14-35-50-68(83-54-62-40-25-18-26-41-62)71(84-55-63-42-27-19-28-43-63)67(78-70(79)51-36-15-12-13-16-37-52-77-76(80)81)59-88-75-74(87-58-66-48-33-22-34-49-66)73(86-57-65-46-31-21-32-47-65)72(85-56-64-44-29-20-30-45-64)69(89-75)60-82-53-61-38-23-17-24-39-61/h17-34,38-49,67-69,71-75,77H,2-16,35-37,50-60H2,1H3,(H,78,79)(H,80,81)/t67?,68?,69-,71?,72+,73+,74-,75+/m1/s1. The Hall–Kier alpha value is -6.26. The lowest BCUT2D eigenvalue weighted by Gasteiger charge is -2.46. The number of carbonyl (C=O) groups is 2. The molecule has 0 spiro atoms. The Labute approximate surface area is 531 Å². The second kappa shape index (κ2) is 43.5. The van der Waals surface area contributed by atoms with Crippen LogP contribution < -0.4 is 10.6 Å². The highest BCUT2D eigenvalue weighted by Crippen LogP contribution is 2.33. The number of carbonyl (C=O) groups excluding carboxylic acids is 1. The van der Waals surface area contributed by atoms with E-state index in [1.165, 1.54) is 57.8 Å². The molecular formula is C76H102N2O11.